The van der Waals surface area contributed by atoms with Crippen molar-refractivity contribution in [3.05, 3.63) is 17.0 Å². The Morgan fingerprint density at radius 2 is 1.94 bits per heavy atom. The molecule has 1 aromatic heterocycles. The third-order valence-corrected chi connectivity index (χ3v) is 3.94. The van der Waals surface area contributed by atoms with E-state index in [4.69, 9.17) is 4.52 Å². The third kappa shape index (κ3) is 3.12. The van der Waals surface area contributed by atoms with E-state index >= 15 is 0 Å². The van der Waals surface area contributed by atoms with E-state index in [1.54, 1.807) is 0 Å². The molecule has 1 aromatic rings. The monoisotopic (exact) mass is 252 g/mol. The molecule has 0 bridgehead atoms. The average Bonchev–Trinajstić information content (AvgIpc) is 2.76. The molecule has 0 saturated carbocycles. The summed E-state index contributed by atoms with van der Waals surface area (Å²) >= 11 is 0. The maximum atomic E-state index is 12.0. The van der Waals surface area contributed by atoms with Crippen molar-refractivity contribution >= 4 is 5.91 Å². The van der Waals surface area contributed by atoms with Crippen molar-refractivity contribution in [1.82, 2.24) is 10.5 Å². The van der Waals surface area contributed by atoms with Gasteiger partial charge in [0.05, 0.1) is 0 Å². The van der Waals surface area contributed by atoms with Crippen molar-refractivity contribution in [2.45, 2.75) is 53.9 Å². The van der Waals surface area contributed by atoms with Crippen LogP contribution in [0.1, 0.15) is 62.3 Å². The number of rotatable bonds is 6. The van der Waals surface area contributed by atoms with Crippen LogP contribution >= 0.6 is 0 Å². The fourth-order valence-electron chi connectivity index (χ4n) is 1.79. The van der Waals surface area contributed by atoms with Crippen LogP contribution in [0.3, 0.4) is 0 Å². The van der Waals surface area contributed by atoms with Crippen LogP contribution in [0, 0.1) is 12.3 Å². The normalized spacial score (nSPS) is 11.6. The summed E-state index contributed by atoms with van der Waals surface area (Å²) in [6, 6.07) is 0. The predicted octanol–water partition coefficient (Wildman–Crippen LogP) is 3.10. The second-order valence-electron chi connectivity index (χ2n) is 5.13. The molecule has 0 unspecified atom stereocenters. The zero-order valence-corrected chi connectivity index (χ0v) is 12.1. The van der Waals surface area contributed by atoms with Crippen molar-refractivity contribution in [1.29, 1.82) is 0 Å². The molecule has 1 heterocycles. The minimum atomic E-state index is -0.135. The summed E-state index contributed by atoms with van der Waals surface area (Å²) in [5, 5.41) is 6.81. The van der Waals surface area contributed by atoms with Crippen LogP contribution in [-0.2, 0) is 6.42 Å². The van der Waals surface area contributed by atoms with Crippen LogP contribution in [0.15, 0.2) is 4.52 Å². The lowest BCUT2D eigenvalue weighted by molar-refractivity contribution is 0.0921. The summed E-state index contributed by atoms with van der Waals surface area (Å²) in [6.07, 6.45) is 2.84. The number of hydrogen-bond donors (Lipinski definition) is 1. The van der Waals surface area contributed by atoms with Gasteiger partial charge in [0.25, 0.3) is 5.91 Å². The van der Waals surface area contributed by atoms with Gasteiger partial charge in [-0.3, -0.25) is 4.79 Å². The molecule has 0 fully saturated rings. The smallest absolute Gasteiger partial charge is 0.273 e. The summed E-state index contributed by atoms with van der Waals surface area (Å²) in [5.74, 6) is 0.651. The largest absolute Gasteiger partial charge is 0.360 e. The second kappa shape index (κ2) is 6.03. The predicted molar refractivity (Wildman–Crippen MR) is 71.6 cm³/mol. The van der Waals surface area contributed by atoms with Gasteiger partial charge in [-0.25, -0.2) is 0 Å². The number of hydrogen-bond acceptors (Lipinski definition) is 3. The molecule has 0 aromatic carbocycles. The van der Waals surface area contributed by atoms with E-state index in [0.29, 0.717) is 12.2 Å². The molecule has 4 nitrogen and oxygen atoms in total. The number of carbonyl (C=O) groups is 1. The molecule has 0 aliphatic carbocycles. The van der Waals surface area contributed by atoms with E-state index in [2.05, 4.69) is 31.2 Å². The van der Waals surface area contributed by atoms with Crippen LogP contribution < -0.4 is 5.32 Å². The number of aromatic nitrogens is 1. The van der Waals surface area contributed by atoms with Crippen LogP contribution in [0.2, 0.25) is 0 Å². The fourth-order valence-corrected chi connectivity index (χ4v) is 1.79. The Morgan fingerprint density at radius 1 is 1.33 bits per heavy atom. The molecule has 0 atom stereocenters. The molecule has 4 heteroatoms. The number of amides is 1. The zero-order chi connectivity index (χ0) is 13.8. The van der Waals surface area contributed by atoms with E-state index in [0.717, 1.165) is 30.6 Å². The fraction of sp³-hybridized carbons (Fsp3) is 0.714. The first-order chi connectivity index (χ1) is 8.47. The maximum Gasteiger partial charge on any atom is 0.273 e. The number of nitrogens with one attached hydrogen (secondary N) is 1. The third-order valence-electron chi connectivity index (χ3n) is 3.94. The van der Waals surface area contributed by atoms with Crippen LogP contribution in [-0.4, -0.2) is 17.6 Å². The lowest BCUT2D eigenvalue weighted by atomic mass is 9.85. The molecule has 1 rings (SSSR count). The van der Waals surface area contributed by atoms with Gasteiger partial charge in [-0.05, 0) is 25.2 Å². The Balaban J connectivity index is 2.68. The zero-order valence-electron chi connectivity index (χ0n) is 12.1. The second-order valence-corrected chi connectivity index (χ2v) is 5.13. The Morgan fingerprint density at radius 3 is 2.39 bits per heavy atom. The minimum Gasteiger partial charge on any atom is -0.360 e. The number of nitrogens with zero attached hydrogens (tertiary/aromatic N) is 1. The van der Waals surface area contributed by atoms with Gasteiger partial charge in [-0.15, -0.1) is 0 Å². The highest BCUT2D eigenvalue weighted by molar-refractivity contribution is 5.93. The number of carbonyl (C=O) groups excluding carboxylic acids is 1. The first-order valence-electron chi connectivity index (χ1n) is 6.70. The highest BCUT2D eigenvalue weighted by Gasteiger charge is 2.23. The van der Waals surface area contributed by atoms with Crippen LogP contribution in [0.5, 0.6) is 0 Å². The number of aryl methyl sites for hydroxylation is 1. The van der Waals surface area contributed by atoms with Gasteiger partial charge in [0, 0.05) is 18.5 Å². The molecule has 102 valence electrons. The molecule has 1 amide bonds. The van der Waals surface area contributed by atoms with Crippen molar-refractivity contribution in [3.63, 3.8) is 0 Å². The lowest BCUT2D eigenvalue weighted by Gasteiger charge is -2.26. The van der Waals surface area contributed by atoms with Gasteiger partial charge in [0.1, 0.15) is 5.76 Å². The van der Waals surface area contributed by atoms with E-state index < -0.39 is 0 Å². The highest BCUT2D eigenvalue weighted by atomic mass is 16.5. The quantitative estimate of drug-likeness (QED) is 0.846. The van der Waals surface area contributed by atoms with E-state index in [9.17, 15) is 4.79 Å². The average molecular weight is 252 g/mol. The first-order valence-corrected chi connectivity index (χ1v) is 6.70. The molecule has 0 saturated heterocycles. The first kappa shape index (κ1) is 14.7. The van der Waals surface area contributed by atoms with Crippen molar-refractivity contribution < 1.29 is 9.32 Å². The Labute approximate surface area is 109 Å². The summed E-state index contributed by atoms with van der Waals surface area (Å²) in [4.78, 5) is 12.0. The van der Waals surface area contributed by atoms with Crippen molar-refractivity contribution in [2.75, 3.05) is 6.54 Å². The molecule has 0 aliphatic heterocycles. The molecular formula is C14H24N2O2. The van der Waals surface area contributed by atoms with Crippen LogP contribution in [0.25, 0.3) is 0 Å². The van der Waals surface area contributed by atoms with E-state index in [-0.39, 0.29) is 11.3 Å². The van der Waals surface area contributed by atoms with Gasteiger partial charge >= 0.3 is 0 Å². The Hall–Kier alpha value is -1.32. The molecular weight excluding hydrogens is 228 g/mol. The topological polar surface area (TPSA) is 55.1 Å². The van der Waals surface area contributed by atoms with Gasteiger partial charge in [-0.2, -0.15) is 0 Å². The molecule has 0 spiro atoms. The maximum absolute atomic E-state index is 12.0. The Bertz CT molecular complexity index is 406. The van der Waals surface area contributed by atoms with Crippen molar-refractivity contribution in [3.8, 4) is 0 Å². The standard InChI is InChI=1S/C14H24N2O2/c1-6-11-10(4)12(16-18-11)13(17)15-9-14(5,7-2)8-3/h6-9H2,1-5H3,(H,15,17). The molecule has 0 aliphatic rings. The summed E-state index contributed by atoms with van der Waals surface area (Å²) in [6.45, 7) is 11.0. The van der Waals surface area contributed by atoms with Crippen molar-refractivity contribution in [2.24, 2.45) is 5.41 Å². The van der Waals surface area contributed by atoms with Gasteiger partial charge in [0.2, 0.25) is 0 Å². The van der Waals surface area contributed by atoms with Gasteiger partial charge in [0.15, 0.2) is 5.69 Å². The summed E-state index contributed by atoms with van der Waals surface area (Å²) in [7, 11) is 0. The molecule has 1 N–H and O–H groups in total. The van der Waals surface area contributed by atoms with E-state index in [1.807, 2.05) is 13.8 Å². The SMILES string of the molecule is CCc1onc(C(=O)NCC(C)(CC)CC)c1C. The van der Waals surface area contributed by atoms with E-state index in [1.165, 1.54) is 0 Å². The van der Waals surface area contributed by atoms with Gasteiger partial charge in [-0.1, -0.05) is 32.9 Å². The highest BCUT2D eigenvalue weighted by Crippen LogP contribution is 2.24. The summed E-state index contributed by atoms with van der Waals surface area (Å²) < 4.78 is 5.14. The Kier molecular flexibility index (Phi) is 4.93. The minimum absolute atomic E-state index is 0.135. The lowest BCUT2D eigenvalue weighted by Crippen LogP contribution is -2.35. The van der Waals surface area contributed by atoms with Gasteiger partial charge < -0.3 is 9.84 Å². The van der Waals surface area contributed by atoms with Crippen LogP contribution in [0.4, 0.5) is 0 Å². The molecule has 18 heavy (non-hydrogen) atoms. The summed E-state index contributed by atoms with van der Waals surface area (Å²) in [5.41, 5.74) is 1.42. The molecule has 0 radical (unpaired) electrons.